The zero-order chi connectivity index (χ0) is 24.5. The molecule has 1 N–H and O–H groups in total. The molecule has 0 atom stereocenters. The third-order valence-electron chi connectivity index (χ3n) is 4.37. The van der Waals surface area contributed by atoms with E-state index in [9.17, 15) is 25.3 Å². The van der Waals surface area contributed by atoms with Gasteiger partial charge in [0, 0.05) is 5.56 Å². The van der Waals surface area contributed by atoms with Gasteiger partial charge in [-0.3, -0.25) is 12.9 Å². The zero-order valence-electron chi connectivity index (χ0n) is 17.6. The van der Waals surface area contributed by atoms with Gasteiger partial charge >= 0.3 is 28.8 Å². The molecule has 15 heteroatoms. The third-order valence-corrected chi connectivity index (χ3v) is 10.1. The van der Waals surface area contributed by atoms with Gasteiger partial charge in [-0.05, 0) is 23.9 Å². The molecule has 182 valence electrons. The molecule has 0 bridgehead atoms. The standard InChI is InChI=1S/C18H22O11S3Si/c1-33(2,28-12-13-30(19,20)21)29-17(16-9-5-7-14-6-3-4-8-15(14)16)18-31(22,23)26-10-11-27-32(18,24)25/h3-9H,10-13H2,1-2H3,(H,19,20,21). The van der Waals surface area contributed by atoms with Crippen LogP contribution in [0.15, 0.2) is 46.7 Å². The Kier molecular flexibility index (Phi) is 7.35. The summed E-state index contributed by atoms with van der Waals surface area (Å²) in [5.74, 6) is -1.28. The molecule has 1 saturated heterocycles. The Labute approximate surface area is 193 Å². The lowest BCUT2D eigenvalue weighted by Gasteiger charge is -2.27. The van der Waals surface area contributed by atoms with Crippen molar-refractivity contribution in [2.75, 3.05) is 25.6 Å². The van der Waals surface area contributed by atoms with Crippen LogP contribution < -0.4 is 0 Å². The van der Waals surface area contributed by atoms with Crippen molar-refractivity contribution >= 4 is 55.4 Å². The first-order valence-corrected chi connectivity index (χ1v) is 16.8. The Morgan fingerprint density at radius 3 is 2.18 bits per heavy atom. The smallest absolute Gasteiger partial charge is 0.392 e. The summed E-state index contributed by atoms with van der Waals surface area (Å²) in [5.41, 5.74) is 0.128. The Hall–Kier alpha value is -1.85. The second-order valence-corrected chi connectivity index (χ2v) is 15.6. The highest BCUT2D eigenvalue weighted by Gasteiger charge is 2.43. The van der Waals surface area contributed by atoms with Crippen molar-refractivity contribution in [1.29, 1.82) is 0 Å². The van der Waals surface area contributed by atoms with Crippen LogP contribution in [-0.4, -0.2) is 63.9 Å². The quantitative estimate of drug-likeness (QED) is 0.237. The van der Waals surface area contributed by atoms with E-state index in [1.165, 1.54) is 19.2 Å². The maximum Gasteiger partial charge on any atom is 0.392 e. The highest BCUT2D eigenvalue weighted by Crippen LogP contribution is 2.36. The molecule has 0 unspecified atom stereocenters. The normalized spacial score (nSPS) is 18.6. The molecule has 0 amide bonds. The van der Waals surface area contributed by atoms with E-state index in [1.54, 1.807) is 36.4 Å². The fourth-order valence-electron chi connectivity index (χ4n) is 3.04. The second-order valence-electron chi connectivity index (χ2n) is 7.33. The molecule has 1 heterocycles. The summed E-state index contributed by atoms with van der Waals surface area (Å²) in [4.78, 5) is 0. The molecule has 0 aromatic heterocycles. The van der Waals surface area contributed by atoms with Crippen LogP contribution >= 0.6 is 0 Å². The van der Waals surface area contributed by atoms with Gasteiger partial charge in [0.2, 0.25) is 0 Å². The molecule has 1 fully saturated rings. The van der Waals surface area contributed by atoms with Gasteiger partial charge in [0.1, 0.15) is 5.76 Å². The highest BCUT2D eigenvalue weighted by atomic mass is 32.3. The van der Waals surface area contributed by atoms with E-state index in [1.807, 2.05) is 0 Å². The highest BCUT2D eigenvalue weighted by molar-refractivity contribution is 8.10. The fourth-order valence-corrected chi connectivity index (χ4v) is 7.83. The van der Waals surface area contributed by atoms with Crippen molar-refractivity contribution in [3.63, 3.8) is 0 Å². The van der Waals surface area contributed by atoms with Crippen LogP contribution in [0.4, 0.5) is 0 Å². The summed E-state index contributed by atoms with van der Waals surface area (Å²) in [6.45, 7) is 1.43. The minimum absolute atomic E-state index is 0.128. The minimum atomic E-state index is -4.83. The van der Waals surface area contributed by atoms with Crippen molar-refractivity contribution in [3.8, 4) is 0 Å². The lowest BCUT2D eigenvalue weighted by atomic mass is 10.0. The van der Waals surface area contributed by atoms with Crippen molar-refractivity contribution in [2.24, 2.45) is 0 Å². The average molecular weight is 539 g/mol. The Balaban J connectivity index is 2.24. The molecular weight excluding hydrogens is 516 g/mol. The molecule has 33 heavy (non-hydrogen) atoms. The van der Waals surface area contributed by atoms with E-state index in [0.29, 0.717) is 10.8 Å². The first-order chi connectivity index (χ1) is 15.2. The third kappa shape index (κ3) is 6.39. The molecule has 11 nitrogen and oxygen atoms in total. The number of hydrogen-bond acceptors (Lipinski definition) is 10. The summed E-state index contributed by atoms with van der Waals surface area (Å²) >= 11 is 0. The summed E-state index contributed by atoms with van der Waals surface area (Å²) < 4.78 is 102. The van der Waals surface area contributed by atoms with Crippen LogP contribution in [0.2, 0.25) is 13.1 Å². The van der Waals surface area contributed by atoms with Crippen LogP contribution in [0.5, 0.6) is 0 Å². The Bertz CT molecular complexity index is 1350. The lowest BCUT2D eigenvalue weighted by Crippen LogP contribution is -2.37. The lowest BCUT2D eigenvalue weighted by molar-refractivity contribution is 0.237. The molecule has 0 saturated carbocycles. The van der Waals surface area contributed by atoms with Gasteiger partial charge in [0.15, 0.2) is 0 Å². The van der Waals surface area contributed by atoms with Crippen LogP contribution in [-0.2, 0) is 47.6 Å². The van der Waals surface area contributed by atoms with Gasteiger partial charge in [-0.1, -0.05) is 42.5 Å². The summed E-state index contributed by atoms with van der Waals surface area (Å²) in [6, 6.07) is 11.6. The topological polar surface area (TPSA) is 160 Å². The van der Waals surface area contributed by atoms with Gasteiger partial charge in [-0.25, -0.2) is 0 Å². The average Bonchev–Trinajstić information content (AvgIpc) is 2.79. The van der Waals surface area contributed by atoms with Crippen LogP contribution in [0.1, 0.15) is 5.56 Å². The van der Waals surface area contributed by atoms with Crippen molar-refractivity contribution < 1.29 is 47.0 Å². The van der Waals surface area contributed by atoms with Gasteiger partial charge in [0.25, 0.3) is 14.4 Å². The predicted octanol–water partition coefficient (Wildman–Crippen LogP) is 1.80. The number of benzene rings is 2. The molecule has 0 radical (unpaired) electrons. The molecule has 1 aliphatic heterocycles. The Morgan fingerprint density at radius 1 is 1.00 bits per heavy atom. The van der Waals surface area contributed by atoms with Crippen molar-refractivity contribution in [1.82, 2.24) is 0 Å². The van der Waals surface area contributed by atoms with Gasteiger partial charge < -0.3 is 8.85 Å². The molecular formula is C18H22O11S3Si. The number of hydrogen-bond donors (Lipinski definition) is 1. The second kappa shape index (κ2) is 9.42. The Morgan fingerprint density at radius 2 is 1.58 bits per heavy atom. The van der Waals surface area contributed by atoms with E-state index < -0.39 is 74.5 Å². The molecule has 3 rings (SSSR count). The van der Waals surface area contributed by atoms with Gasteiger partial charge in [0.05, 0.1) is 25.6 Å². The first-order valence-electron chi connectivity index (χ1n) is 9.51. The molecule has 2 aromatic rings. The summed E-state index contributed by atoms with van der Waals surface area (Å²) in [5, 5.41) is 1.16. The van der Waals surface area contributed by atoms with Crippen LogP contribution in [0.25, 0.3) is 16.5 Å². The van der Waals surface area contributed by atoms with Crippen molar-refractivity contribution in [3.05, 3.63) is 52.3 Å². The molecule has 0 aliphatic carbocycles. The van der Waals surface area contributed by atoms with Crippen LogP contribution in [0, 0.1) is 0 Å². The maximum absolute atomic E-state index is 12.8. The fraction of sp³-hybridized carbons (Fsp3) is 0.333. The maximum atomic E-state index is 12.8. The predicted molar refractivity (Wildman–Crippen MR) is 122 cm³/mol. The largest absolute Gasteiger partial charge is 0.518 e. The van der Waals surface area contributed by atoms with Gasteiger partial charge in [-0.2, -0.15) is 25.3 Å². The van der Waals surface area contributed by atoms with E-state index in [-0.39, 0.29) is 5.56 Å². The summed E-state index contributed by atoms with van der Waals surface area (Å²) in [6.07, 6.45) is 0. The monoisotopic (exact) mass is 538 g/mol. The van der Waals surface area contributed by atoms with Crippen molar-refractivity contribution in [2.45, 2.75) is 13.1 Å². The zero-order valence-corrected chi connectivity index (χ0v) is 21.1. The molecule has 2 aromatic carbocycles. The minimum Gasteiger partial charge on any atom is -0.518 e. The molecule has 1 aliphatic rings. The van der Waals surface area contributed by atoms with E-state index >= 15 is 0 Å². The SMILES string of the molecule is C[Si](C)(OCCS(=O)(=O)O)OC(=C1S(=O)(=O)OCCOS1(=O)=O)c1cccc2ccccc12. The van der Waals surface area contributed by atoms with Gasteiger partial charge in [-0.15, -0.1) is 0 Å². The summed E-state index contributed by atoms with van der Waals surface area (Å²) in [7, 11) is -17.4. The first kappa shape index (κ1) is 25.8. The molecule has 0 spiro atoms. The van der Waals surface area contributed by atoms with E-state index in [4.69, 9.17) is 21.8 Å². The van der Waals surface area contributed by atoms with Crippen LogP contribution in [0.3, 0.4) is 0 Å². The number of fused-ring (bicyclic) bond motifs is 1. The van der Waals surface area contributed by atoms with E-state index in [0.717, 1.165) is 0 Å². The van der Waals surface area contributed by atoms with E-state index in [2.05, 4.69) is 0 Å². The number of rotatable bonds is 7.